The Hall–Kier alpha value is 7.68. The molecule has 0 aromatic rings. The molecule has 0 aliphatic rings. The molecule has 0 saturated carbocycles. The van der Waals surface area contributed by atoms with Crippen LogP contribution in [-0.2, 0) is 0 Å². The Morgan fingerprint density at radius 2 is 0.200 bits per heavy atom. The first-order chi connectivity index (χ1) is 8.00. The molecule has 0 heterocycles. The molecule has 0 unspecified atom stereocenters. The molecule has 0 bridgehead atoms. The minimum atomic E-state index is -0.250. The van der Waals surface area contributed by atoms with Gasteiger partial charge in [0.1, 0.15) is 0 Å². The van der Waals surface area contributed by atoms with Gasteiger partial charge in [0.2, 0.25) is 0 Å². The molecule has 128 valence electrons. The molecule has 0 aliphatic carbocycles. The molecule has 0 aromatic carbocycles. The highest BCUT2D eigenvalue weighted by Gasteiger charge is 2.09. The molecule has 16 heteroatoms. The third-order valence-corrected chi connectivity index (χ3v) is 0. The molecule has 0 aliphatic heterocycles. The summed E-state index contributed by atoms with van der Waals surface area (Å²) in [5.74, 6) is 0. The van der Waals surface area contributed by atoms with Crippen molar-refractivity contribution < 1.29 is 0 Å². The van der Waals surface area contributed by atoms with Gasteiger partial charge < -0.3 is 0 Å². The highest BCUT2D eigenvalue weighted by atomic mass is 80.0. The predicted molar refractivity (Wildman–Crippen MR) is 154 cm³/mol. The van der Waals surface area contributed by atoms with Crippen LogP contribution in [0.1, 0.15) is 0 Å². The van der Waals surface area contributed by atoms with Crippen molar-refractivity contribution in [3.8, 4) is 0 Å². The van der Waals surface area contributed by atoms with Crippen LogP contribution in [0.4, 0.5) is 0 Å². The van der Waals surface area contributed by atoms with Gasteiger partial charge in [-0.1, -0.05) is 0 Å². The van der Waals surface area contributed by atoms with E-state index < -0.39 is 0 Å². The fourth-order valence-electron chi connectivity index (χ4n) is 0. The van der Waals surface area contributed by atoms with Crippen LogP contribution in [-0.4, -0.2) is 4.21 Å². The maximum Gasteiger partial charge on any atom is 0.189 e. The quantitative estimate of drug-likeness (QED) is 0.212. The average Bonchev–Trinajstić information content (AvgIpc) is 1.62. The summed E-state index contributed by atoms with van der Waals surface area (Å²) < 4.78 is -1.00. The van der Waals surface area contributed by atoms with Gasteiger partial charge in [-0.2, -0.15) is 0 Å². The molecule has 0 amide bonds. The normalized spacial score (nSPS) is 12.0. The number of hydrogen-bond donors (Lipinski definition) is 0. The van der Waals surface area contributed by atoms with E-state index in [0.717, 1.165) is 0 Å². The van der Waals surface area contributed by atoms with Gasteiger partial charge >= 0.3 is 0 Å². The Morgan fingerprint density at radius 1 is 0.200 bits per heavy atom. The van der Waals surface area contributed by atoms with Crippen molar-refractivity contribution in [1.82, 2.24) is 0 Å². The van der Waals surface area contributed by atoms with Crippen LogP contribution in [0.5, 0.6) is 0 Å². The molecule has 0 atom stereocenters. The van der Waals surface area contributed by atoms with Crippen molar-refractivity contribution in [2.45, 2.75) is 4.21 Å². The molecular weight excluding hydrogens is 1330 g/mol. The van der Waals surface area contributed by atoms with Gasteiger partial charge in [-0.3, -0.25) is 0 Å². The second-order valence-corrected chi connectivity index (χ2v) is 46.3. The second kappa shape index (κ2) is 17.5. The van der Waals surface area contributed by atoms with Crippen molar-refractivity contribution in [2.24, 2.45) is 0 Å². The van der Waals surface area contributed by atoms with E-state index in [-0.39, 0.29) is 4.21 Å². The van der Waals surface area contributed by atoms with Gasteiger partial charge in [-0.25, -0.2) is 0 Å². The molecule has 20 heavy (non-hydrogen) atoms. The monoisotopic (exact) mass is 1310 g/mol. The lowest BCUT2D eigenvalue weighted by atomic mass is 12.0. The van der Waals surface area contributed by atoms with Gasteiger partial charge in [0.05, 0.1) is 0 Å². The molecule has 0 fully saturated rings. The minimum absolute atomic E-state index is 0.250. The van der Waals surface area contributed by atoms with Crippen molar-refractivity contribution in [3.05, 3.63) is 0 Å². The van der Waals surface area contributed by atoms with Gasteiger partial charge in [0, 0.05) is 0 Å². The number of halogens is 16. The van der Waals surface area contributed by atoms with E-state index in [4.69, 9.17) is 0 Å². The largest absolute Gasteiger partial charge is 0.189 e. The van der Waals surface area contributed by atoms with Crippen LogP contribution in [0.2, 0.25) is 0 Å². The predicted octanol–water partition coefficient (Wildman–Crippen LogP) is 12.7. The highest BCUT2D eigenvalue weighted by molar-refractivity contribution is 9.53. The lowest BCUT2D eigenvalue weighted by Crippen LogP contribution is -1.75. The molecule has 0 N–H and O–H groups in total. The molecular formula is C4Br16. The van der Waals surface area contributed by atoms with Crippen LogP contribution in [0, 0.1) is 0 Å². The van der Waals surface area contributed by atoms with E-state index in [1.54, 1.807) is 0 Å². The smallest absolute Gasteiger partial charge is 0.0471 e. The zero-order chi connectivity index (χ0) is 18.0. The van der Waals surface area contributed by atoms with Crippen LogP contribution >= 0.6 is 255 Å². The fraction of sp³-hybridized carbons (Fsp3) is 1.00. The molecule has 0 radical (unpaired) electrons. The molecule has 0 saturated heterocycles. The summed E-state index contributed by atoms with van der Waals surface area (Å²) in [5.41, 5.74) is 0. The Balaban J connectivity index is -0.0000000853. The van der Waals surface area contributed by atoms with E-state index in [2.05, 4.69) is 255 Å². The number of alkyl halides is 16. The third kappa shape index (κ3) is 265. The third-order valence-electron chi connectivity index (χ3n) is 0. The van der Waals surface area contributed by atoms with Crippen molar-refractivity contribution in [1.29, 1.82) is 0 Å². The highest BCUT2D eigenvalue weighted by Crippen LogP contribution is 2.40. The van der Waals surface area contributed by atoms with Crippen LogP contribution in [0.15, 0.2) is 0 Å². The molecule has 0 rings (SSSR count). The van der Waals surface area contributed by atoms with Crippen molar-refractivity contribution >= 4 is 255 Å². The number of hydrogen-bond acceptors (Lipinski definition) is 0. The van der Waals surface area contributed by atoms with E-state index >= 15 is 0 Å². The Bertz CT molecular complexity index is 124. The zero-order valence-corrected chi connectivity index (χ0v) is 33.4. The summed E-state index contributed by atoms with van der Waals surface area (Å²) in [6.07, 6.45) is 0. The summed E-state index contributed by atoms with van der Waals surface area (Å²) in [4.78, 5) is 0. The maximum absolute atomic E-state index is 3.12. The van der Waals surface area contributed by atoms with Gasteiger partial charge in [-0.15, -0.1) is 0 Å². The second-order valence-electron chi connectivity index (χ2n) is 1.71. The summed E-state index contributed by atoms with van der Waals surface area (Å²) in [6.45, 7) is 0. The van der Waals surface area contributed by atoms with E-state index in [1.807, 2.05) is 0 Å². The van der Waals surface area contributed by atoms with Crippen LogP contribution < -0.4 is 0 Å². The van der Waals surface area contributed by atoms with Crippen LogP contribution in [0.25, 0.3) is 0 Å². The SMILES string of the molecule is BrC(Br)(Br)Br.BrC(Br)(Br)Br.BrC(Br)(Br)Br.BrC(Br)(Br)Br. The topological polar surface area (TPSA) is 0 Å². The van der Waals surface area contributed by atoms with Crippen molar-refractivity contribution in [3.63, 3.8) is 0 Å². The first kappa shape index (κ1) is 35.1. The molecule has 0 nitrogen and oxygen atoms in total. The maximum atomic E-state index is 3.12. The van der Waals surface area contributed by atoms with E-state index in [1.165, 1.54) is 0 Å². The summed E-state index contributed by atoms with van der Waals surface area (Å²) in [7, 11) is 0. The summed E-state index contributed by atoms with van der Waals surface area (Å²) >= 11 is 50.0. The minimum Gasteiger partial charge on any atom is -0.0471 e. The van der Waals surface area contributed by atoms with Gasteiger partial charge in [-0.05, 0) is 255 Å². The Kier molecular flexibility index (Phi) is 30.8. The average molecular weight is 1330 g/mol. The standard InChI is InChI=1S/4CBr4/c4*2-1(3,4)5. The Labute approximate surface area is 253 Å². The fourth-order valence-corrected chi connectivity index (χ4v) is 0. The number of rotatable bonds is 0. The first-order valence-corrected chi connectivity index (χ1v) is 15.7. The van der Waals surface area contributed by atoms with Crippen molar-refractivity contribution in [2.75, 3.05) is 0 Å². The lowest BCUT2D eigenvalue weighted by molar-refractivity contribution is 2.14. The van der Waals surface area contributed by atoms with Crippen LogP contribution in [0.3, 0.4) is 0 Å². The zero-order valence-electron chi connectivity index (χ0n) is 8.05. The van der Waals surface area contributed by atoms with Gasteiger partial charge in [0.15, 0.2) is 4.21 Å². The molecule has 0 aromatic heterocycles. The Morgan fingerprint density at radius 3 is 0.200 bits per heavy atom. The molecule has 0 spiro atoms. The van der Waals surface area contributed by atoms with E-state index in [0.29, 0.717) is 0 Å². The lowest BCUT2D eigenvalue weighted by Gasteiger charge is -1.93. The van der Waals surface area contributed by atoms with E-state index in [9.17, 15) is 0 Å². The summed E-state index contributed by atoms with van der Waals surface area (Å²) in [5, 5.41) is 0. The van der Waals surface area contributed by atoms with Gasteiger partial charge in [0.25, 0.3) is 0 Å². The summed E-state index contributed by atoms with van der Waals surface area (Å²) in [6, 6.07) is 0. The first-order valence-electron chi connectivity index (χ1n) is 3.02.